The zero-order valence-corrected chi connectivity index (χ0v) is 12.2. The molecular weight excluding hydrogens is 264 g/mol. The van der Waals surface area contributed by atoms with Gasteiger partial charge in [0, 0.05) is 29.1 Å². The molecular formula is C17H20N2O2. The molecule has 21 heavy (non-hydrogen) atoms. The van der Waals surface area contributed by atoms with Gasteiger partial charge >= 0.3 is 6.09 Å². The Hall–Kier alpha value is -2.23. The van der Waals surface area contributed by atoms with E-state index in [1.807, 2.05) is 0 Å². The van der Waals surface area contributed by atoms with Crippen molar-refractivity contribution in [3.63, 3.8) is 0 Å². The number of ether oxygens (including phenoxy) is 1. The summed E-state index contributed by atoms with van der Waals surface area (Å²) in [5.74, 6) is 0. The molecule has 4 nitrogen and oxygen atoms in total. The molecule has 1 heterocycles. The van der Waals surface area contributed by atoms with Crippen LogP contribution in [-0.4, -0.2) is 23.7 Å². The van der Waals surface area contributed by atoms with Crippen LogP contribution in [0.1, 0.15) is 23.2 Å². The number of aromatic nitrogens is 1. The fourth-order valence-corrected chi connectivity index (χ4v) is 3.01. The van der Waals surface area contributed by atoms with Crippen molar-refractivity contribution in [1.29, 1.82) is 0 Å². The maximum Gasteiger partial charge on any atom is 0.407 e. The predicted octanol–water partition coefficient (Wildman–Crippen LogP) is 3.25. The first kappa shape index (κ1) is 13.7. The van der Waals surface area contributed by atoms with E-state index in [9.17, 15) is 4.79 Å². The van der Waals surface area contributed by atoms with E-state index in [0.717, 1.165) is 19.3 Å². The smallest absolute Gasteiger partial charge is 0.407 e. The van der Waals surface area contributed by atoms with Gasteiger partial charge < -0.3 is 15.0 Å². The van der Waals surface area contributed by atoms with Crippen LogP contribution in [0.2, 0.25) is 0 Å². The van der Waals surface area contributed by atoms with Gasteiger partial charge in [0.05, 0.1) is 0 Å². The molecule has 3 rings (SSSR count). The third-order valence-electron chi connectivity index (χ3n) is 4.00. The molecule has 0 saturated heterocycles. The Morgan fingerprint density at radius 1 is 1.57 bits per heavy atom. The normalized spacial score (nSPS) is 17.3. The summed E-state index contributed by atoms with van der Waals surface area (Å²) in [6.07, 6.45) is 3.95. The molecule has 0 spiro atoms. The summed E-state index contributed by atoms with van der Waals surface area (Å²) in [4.78, 5) is 15.1. The molecule has 4 heteroatoms. The summed E-state index contributed by atoms with van der Waals surface area (Å²) < 4.78 is 4.98. The molecule has 110 valence electrons. The first-order chi connectivity index (χ1) is 10.2. The van der Waals surface area contributed by atoms with E-state index in [4.69, 9.17) is 4.74 Å². The lowest BCUT2D eigenvalue weighted by Crippen LogP contribution is -2.39. The van der Waals surface area contributed by atoms with Gasteiger partial charge in [0.2, 0.25) is 0 Å². The summed E-state index contributed by atoms with van der Waals surface area (Å²) in [7, 11) is 0. The van der Waals surface area contributed by atoms with Gasteiger partial charge in [-0.15, -0.1) is 0 Å². The van der Waals surface area contributed by atoms with Crippen LogP contribution in [0.4, 0.5) is 4.79 Å². The molecule has 1 atom stereocenters. The number of hydrogen-bond acceptors (Lipinski definition) is 2. The Bertz CT molecular complexity index is 687. The molecule has 1 unspecified atom stereocenters. The van der Waals surface area contributed by atoms with Gasteiger partial charge in [-0.1, -0.05) is 24.3 Å². The highest BCUT2D eigenvalue weighted by Gasteiger charge is 2.23. The van der Waals surface area contributed by atoms with Gasteiger partial charge in [-0.25, -0.2) is 4.79 Å². The minimum absolute atomic E-state index is 0.129. The fourth-order valence-electron chi connectivity index (χ4n) is 3.01. The molecule has 0 fully saturated rings. The van der Waals surface area contributed by atoms with Crippen molar-refractivity contribution in [2.24, 2.45) is 0 Å². The summed E-state index contributed by atoms with van der Waals surface area (Å²) in [5.41, 5.74) is 5.08. The van der Waals surface area contributed by atoms with Gasteiger partial charge in [0.1, 0.15) is 6.61 Å². The third kappa shape index (κ3) is 2.79. The molecule has 1 amide bonds. The first-order valence-electron chi connectivity index (χ1n) is 7.31. The number of carbonyl (C=O) groups is 1. The number of nitrogens with one attached hydrogen (secondary N) is 2. The lowest BCUT2D eigenvalue weighted by Gasteiger charge is -2.23. The number of alkyl carbamates (subject to hydrolysis) is 1. The average Bonchev–Trinajstić information content (AvgIpc) is 2.82. The van der Waals surface area contributed by atoms with E-state index in [1.165, 1.54) is 27.7 Å². The van der Waals surface area contributed by atoms with Gasteiger partial charge in [-0.05, 0) is 37.5 Å². The maximum atomic E-state index is 11.6. The van der Waals surface area contributed by atoms with E-state index in [0.29, 0.717) is 0 Å². The van der Waals surface area contributed by atoms with Crippen LogP contribution in [0.3, 0.4) is 0 Å². The van der Waals surface area contributed by atoms with Crippen molar-refractivity contribution in [3.05, 3.63) is 47.7 Å². The van der Waals surface area contributed by atoms with Crippen LogP contribution in [0, 0.1) is 6.92 Å². The standard InChI is InChI=1S/C17H20N2O2/c1-3-8-21-17(20)18-12-5-6-13-14-9-11(2)4-7-15(14)19-16(13)10-12/h3-4,7,9,12,19H,1,5-6,8,10H2,2H3,(H,18,20). The molecule has 0 saturated carbocycles. The minimum Gasteiger partial charge on any atom is -0.445 e. The topological polar surface area (TPSA) is 54.1 Å². The molecule has 1 aromatic heterocycles. The predicted molar refractivity (Wildman–Crippen MR) is 83.5 cm³/mol. The second-order valence-corrected chi connectivity index (χ2v) is 5.60. The van der Waals surface area contributed by atoms with E-state index < -0.39 is 0 Å². The molecule has 2 N–H and O–H groups in total. The highest BCUT2D eigenvalue weighted by atomic mass is 16.5. The minimum atomic E-state index is -0.365. The molecule has 1 aromatic carbocycles. The summed E-state index contributed by atoms with van der Waals surface area (Å²) >= 11 is 0. The van der Waals surface area contributed by atoms with Crippen LogP contribution >= 0.6 is 0 Å². The lowest BCUT2D eigenvalue weighted by atomic mass is 9.91. The van der Waals surface area contributed by atoms with Crippen molar-refractivity contribution in [2.75, 3.05) is 6.61 Å². The number of H-pyrrole nitrogens is 1. The Balaban J connectivity index is 1.75. The quantitative estimate of drug-likeness (QED) is 0.850. The molecule has 2 aromatic rings. The number of benzene rings is 1. The lowest BCUT2D eigenvalue weighted by molar-refractivity contribution is 0.153. The van der Waals surface area contributed by atoms with Crippen LogP contribution in [0.25, 0.3) is 10.9 Å². The molecule has 1 aliphatic rings. The zero-order valence-electron chi connectivity index (χ0n) is 12.2. The second-order valence-electron chi connectivity index (χ2n) is 5.60. The highest BCUT2D eigenvalue weighted by Crippen LogP contribution is 2.29. The van der Waals surface area contributed by atoms with Gasteiger partial charge in [-0.3, -0.25) is 0 Å². The van der Waals surface area contributed by atoms with Gasteiger partial charge in [-0.2, -0.15) is 0 Å². The van der Waals surface area contributed by atoms with Crippen LogP contribution in [0.5, 0.6) is 0 Å². The Morgan fingerprint density at radius 2 is 2.43 bits per heavy atom. The van der Waals surface area contributed by atoms with E-state index in [2.05, 4.69) is 42.0 Å². The first-order valence-corrected chi connectivity index (χ1v) is 7.31. The van der Waals surface area contributed by atoms with Crippen molar-refractivity contribution in [1.82, 2.24) is 10.3 Å². The zero-order chi connectivity index (χ0) is 14.8. The number of hydrogen-bond donors (Lipinski definition) is 2. The third-order valence-corrected chi connectivity index (χ3v) is 4.00. The molecule has 1 aliphatic carbocycles. The highest BCUT2D eigenvalue weighted by molar-refractivity contribution is 5.85. The summed E-state index contributed by atoms with van der Waals surface area (Å²) in [6, 6.07) is 6.61. The van der Waals surface area contributed by atoms with Crippen molar-refractivity contribution in [2.45, 2.75) is 32.2 Å². The Morgan fingerprint density at radius 3 is 3.24 bits per heavy atom. The van der Waals surface area contributed by atoms with Crippen molar-refractivity contribution in [3.8, 4) is 0 Å². The number of amides is 1. The number of rotatable bonds is 3. The number of aromatic amines is 1. The summed E-state index contributed by atoms with van der Waals surface area (Å²) in [6.45, 7) is 5.89. The van der Waals surface area contributed by atoms with Crippen molar-refractivity contribution < 1.29 is 9.53 Å². The van der Waals surface area contributed by atoms with Crippen LogP contribution < -0.4 is 5.32 Å². The fraction of sp³-hybridized carbons (Fsp3) is 0.353. The Labute approximate surface area is 124 Å². The average molecular weight is 284 g/mol. The molecule has 0 bridgehead atoms. The van der Waals surface area contributed by atoms with E-state index in [-0.39, 0.29) is 18.7 Å². The van der Waals surface area contributed by atoms with E-state index >= 15 is 0 Å². The van der Waals surface area contributed by atoms with Crippen LogP contribution in [0.15, 0.2) is 30.9 Å². The number of carbonyl (C=O) groups excluding carboxylic acids is 1. The SMILES string of the molecule is C=CCOC(=O)NC1CCc2c([nH]c3ccc(C)cc23)C1. The van der Waals surface area contributed by atoms with E-state index in [1.54, 1.807) is 6.08 Å². The molecule has 0 radical (unpaired) electrons. The maximum absolute atomic E-state index is 11.6. The largest absolute Gasteiger partial charge is 0.445 e. The second kappa shape index (κ2) is 5.64. The monoisotopic (exact) mass is 284 g/mol. The van der Waals surface area contributed by atoms with Gasteiger partial charge in [0.25, 0.3) is 0 Å². The molecule has 0 aliphatic heterocycles. The number of aryl methyl sites for hydroxylation is 2. The van der Waals surface area contributed by atoms with Gasteiger partial charge in [0.15, 0.2) is 0 Å². The van der Waals surface area contributed by atoms with Crippen molar-refractivity contribution >= 4 is 17.0 Å². The van der Waals surface area contributed by atoms with Crippen LogP contribution in [-0.2, 0) is 17.6 Å². The number of fused-ring (bicyclic) bond motifs is 3. The summed E-state index contributed by atoms with van der Waals surface area (Å²) in [5, 5.41) is 4.24. The Kier molecular flexibility index (Phi) is 3.69.